The molecular weight excluding hydrogens is 310 g/mol. The van der Waals surface area contributed by atoms with Crippen molar-refractivity contribution in [1.29, 1.82) is 0 Å². The number of carbonyl (C=O) groups excluding carboxylic acids is 2. The van der Waals surface area contributed by atoms with Crippen molar-refractivity contribution in [3.05, 3.63) is 75.4 Å². The Hall–Kier alpha value is -2.39. The maximum atomic E-state index is 12.8. The van der Waals surface area contributed by atoms with Gasteiger partial charge in [0, 0.05) is 23.9 Å². The molecule has 0 amide bonds. The average molecular weight is 326 g/mol. The van der Waals surface area contributed by atoms with Gasteiger partial charge < -0.3 is 4.90 Å². The number of anilines is 1. The number of allylic oxidation sites excluding steroid dienone is 2. The molecule has 0 radical (unpaired) electrons. The predicted octanol–water partition coefficient (Wildman–Crippen LogP) is 4.27. The van der Waals surface area contributed by atoms with Crippen molar-refractivity contribution in [3.8, 4) is 0 Å². The molecule has 2 aromatic rings. The third kappa shape index (κ3) is 2.47. The summed E-state index contributed by atoms with van der Waals surface area (Å²) in [5.74, 6) is -0.541. The summed E-state index contributed by atoms with van der Waals surface area (Å²) in [5, 5.41) is -0.0313. The summed E-state index contributed by atoms with van der Waals surface area (Å²) >= 11 is 6.25. The third-order valence-electron chi connectivity index (χ3n) is 4.09. The lowest BCUT2D eigenvalue weighted by Crippen LogP contribution is -2.31. The minimum atomic E-state index is -0.312. The summed E-state index contributed by atoms with van der Waals surface area (Å²) in [6, 6.07) is 12.7. The van der Waals surface area contributed by atoms with Crippen molar-refractivity contribution in [2.45, 2.75) is 13.8 Å². The van der Waals surface area contributed by atoms with Crippen molar-refractivity contribution < 1.29 is 9.59 Å². The van der Waals surface area contributed by atoms with E-state index < -0.39 is 0 Å². The van der Waals surface area contributed by atoms with Crippen molar-refractivity contribution in [1.82, 2.24) is 0 Å². The molecule has 23 heavy (non-hydrogen) atoms. The zero-order valence-electron chi connectivity index (χ0n) is 13.2. The molecule has 0 heterocycles. The van der Waals surface area contributed by atoms with Crippen LogP contribution in [0, 0.1) is 13.8 Å². The van der Waals surface area contributed by atoms with E-state index in [0.717, 1.165) is 16.8 Å². The number of halogens is 1. The molecule has 3 rings (SSSR count). The molecule has 0 fully saturated rings. The Labute approximate surface area is 140 Å². The molecule has 0 bridgehead atoms. The molecule has 0 aliphatic heterocycles. The molecule has 0 atom stereocenters. The fourth-order valence-corrected chi connectivity index (χ4v) is 3.25. The summed E-state index contributed by atoms with van der Waals surface area (Å²) < 4.78 is 0. The summed E-state index contributed by atoms with van der Waals surface area (Å²) in [4.78, 5) is 27.0. The molecule has 2 aromatic carbocycles. The molecule has 1 aliphatic carbocycles. The molecule has 0 saturated carbocycles. The van der Waals surface area contributed by atoms with Crippen LogP contribution in [-0.4, -0.2) is 18.6 Å². The zero-order chi connectivity index (χ0) is 16.7. The van der Waals surface area contributed by atoms with Crippen molar-refractivity contribution in [2.24, 2.45) is 0 Å². The third-order valence-corrected chi connectivity index (χ3v) is 4.44. The first-order valence-corrected chi connectivity index (χ1v) is 7.69. The number of nitrogens with zero attached hydrogens (tertiary/aromatic N) is 1. The van der Waals surface area contributed by atoms with Gasteiger partial charge in [-0.15, -0.1) is 0 Å². The van der Waals surface area contributed by atoms with Gasteiger partial charge in [0.15, 0.2) is 0 Å². The summed E-state index contributed by atoms with van der Waals surface area (Å²) in [7, 11) is 1.76. The standard InChI is InChI=1S/C19H16ClNO2/c1-11-8-9-15(12(2)10-11)21(3)17-16(20)18(22)13-6-4-5-7-14(13)19(17)23/h4-10H,1-3H3. The number of Topliss-reactive ketones (excluding diaryl/α,β-unsaturated/α-hetero) is 2. The van der Waals surface area contributed by atoms with Crippen LogP contribution in [0.2, 0.25) is 0 Å². The van der Waals surface area contributed by atoms with Crippen LogP contribution in [0.4, 0.5) is 5.69 Å². The number of rotatable bonds is 2. The second-order valence-corrected chi connectivity index (χ2v) is 6.09. The highest BCUT2D eigenvalue weighted by Gasteiger charge is 2.33. The number of aryl methyl sites for hydroxylation is 2. The molecule has 0 aromatic heterocycles. The van der Waals surface area contributed by atoms with Gasteiger partial charge in [-0.3, -0.25) is 9.59 Å². The van der Waals surface area contributed by atoms with Crippen molar-refractivity contribution in [3.63, 3.8) is 0 Å². The first kappa shape index (κ1) is 15.5. The van der Waals surface area contributed by atoms with Gasteiger partial charge in [0.1, 0.15) is 10.7 Å². The molecule has 0 saturated heterocycles. The number of hydrogen-bond acceptors (Lipinski definition) is 3. The lowest BCUT2D eigenvalue weighted by molar-refractivity contribution is 0.0979. The van der Waals surface area contributed by atoms with Crippen LogP contribution < -0.4 is 4.90 Å². The van der Waals surface area contributed by atoms with E-state index in [1.54, 1.807) is 36.2 Å². The van der Waals surface area contributed by atoms with E-state index in [9.17, 15) is 9.59 Å². The molecule has 3 nitrogen and oxygen atoms in total. The lowest BCUT2D eigenvalue weighted by atomic mass is 9.91. The number of likely N-dealkylation sites (N-methyl/N-ethyl adjacent to an activating group) is 1. The maximum absolute atomic E-state index is 12.8. The first-order valence-electron chi connectivity index (χ1n) is 7.31. The van der Waals surface area contributed by atoms with Gasteiger partial charge in [-0.2, -0.15) is 0 Å². The van der Waals surface area contributed by atoms with E-state index in [-0.39, 0.29) is 22.3 Å². The highest BCUT2D eigenvalue weighted by atomic mass is 35.5. The summed E-state index contributed by atoms with van der Waals surface area (Å²) in [6.45, 7) is 3.98. The van der Waals surface area contributed by atoms with Crippen molar-refractivity contribution >= 4 is 28.9 Å². The van der Waals surface area contributed by atoms with Gasteiger partial charge in [0.05, 0.1) is 0 Å². The number of carbonyl (C=O) groups is 2. The fourth-order valence-electron chi connectivity index (χ4n) is 2.93. The Kier molecular flexibility index (Phi) is 3.82. The zero-order valence-corrected chi connectivity index (χ0v) is 13.9. The van der Waals surface area contributed by atoms with Gasteiger partial charge in [-0.05, 0) is 25.5 Å². The summed E-state index contributed by atoms with van der Waals surface area (Å²) in [6.07, 6.45) is 0. The van der Waals surface area contributed by atoms with Gasteiger partial charge in [0.2, 0.25) is 11.6 Å². The summed E-state index contributed by atoms with van der Waals surface area (Å²) in [5.41, 5.74) is 3.99. The Morgan fingerprint density at radius 2 is 1.52 bits per heavy atom. The van der Waals surface area contributed by atoms with E-state index >= 15 is 0 Å². The van der Waals surface area contributed by atoms with E-state index in [1.165, 1.54) is 0 Å². The number of ketones is 2. The Morgan fingerprint density at radius 1 is 0.913 bits per heavy atom. The predicted molar refractivity (Wildman–Crippen MR) is 92.3 cm³/mol. The quantitative estimate of drug-likeness (QED) is 0.827. The second-order valence-electron chi connectivity index (χ2n) is 5.72. The van der Waals surface area contributed by atoms with Crippen LogP contribution in [0.15, 0.2) is 53.2 Å². The molecule has 0 N–H and O–H groups in total. The maximum Gasteiger partial charge on any atom is 0.211 e. The van der Waals surface area contributed by atoms with Gasteiger partial charge in [-0.1, -0.05) is 53.6 Å². The number of hydrogen-bond donors (Lipinski definition) is 0. The normalized spacial score (nSPS) is 14.1. The van der Waals surface area contributed by atoms with Gasteiger partial charge in [-0.25, -0.2) is 0 Å². The molecule has 4 heteroatoms. The monoisotopic (exact) mass is 325 g/mol. The van der Waals surface area contributed by atoms with E-state index in [1.807, 2.05) is 32.0 Å². The number of benzene rings is 2. The van der Waals surface area contributed by atoms with Crippen LogP contribution in [0.3, 0.4) is 0 Å². The minimum absolute atomic E-state index is 0.0313. The molecule has 0 unspecified atom stereocenters. The van der Waals surface area contributed by atoms with Crippen LogP contribution in [-0.2, 0) is 0 Å². The van der Waals surface area contributed by atoms with E-state index in [2.05, 4.69) is 0 Å². The van der Waals surface area contributed by atoms with E-state index in [0.29, 0.717) is 11.1 Å². The highest BCUT2D eigenvalue weighted by molar-refractivity contribution is 6.50. The lowest BCUT2D eigenvalue weighted by Gasteiger charge is -2.27. The van der Waals surface area contributed by atoms with Crippen molar-refractivity contribution in [2.75, 3.05) is 11.9 Å². The van der Waals surface area contributed by atoms with E-state index in [4.69, 9.17) is 11.6 Å². The minimum Gasteiger partial charge on any atom is -0.340 e. The molecule has 0 spiro atoms. The second kappa shape index (κ2) is 5.67. The van der Waals surface area contributed by atoms with Gasteiger partial charge in [0.25, 0.3) is 0 Å². The fraction of sp³-hybridized carbons (Fsp3) is 0.158. The largest absolute Gasteiger partial charge is 0.340 e. The first-order chi connectivity index (χ1) is 10.9. The molecular formula is C19H16ClNO2. The molecule has 1 aliphatic rings. The van der Waals surface area contributed by atoms with Crippen LogP contribution in [0.25, 0.3) is 0 Å². The van der Waals surface area contributed by atoms with Crippen LogP contribution >= 0.6 is 11.6 Å². The molecule has 116 valence electrons. The topological polar surface area (TPSA) is 37.4 Å². The Balaban J connectivity index is 2.14. The Bertz CT molecular complexity index is 867. The van der Waals surface area contributed by atoms with Gasteiger partial charge >= 0.3 is 0 Å². The van der Waals surface area contributed by atoms with Crippen LogP contribution in [0.1, 0.15) is 31.8 Å². The van der Waals surface area contributed by atoms with Crippen LogP contribution in [0.5, 0.6) is 0 Å². The average Bonchev–Trinajstić information content (AvgIpc) is 2.53. The SMILES string of the molecule is Cc1ccc(N(C)C2=C(Cl)C(=O)c3ccccc3C2=O)c(C)c1. The Morgan fingerprint density at radius 3 is 2.13 bits per heavy atom. The highest BCUT2D eigenvalue weighted by Crippen LogP contribution is 2.33. The number of fused-ring (bicyclic) bond motifs is 1. The smallest absolute Gasteiger partial charge is 0.211 e.